The molecule has 0 atom stereocenters. The lowest BCUT2D eigenvalue weighted by atomic mass is 10.3. The van der Waals surface area contributed by atoms with Gasteiger partial charge in [0.2, 0.25) is 5.88 Å². The van der Waals surface area contributed by atoms with Gasteiger partial charge in [-0.25, -0.2) is 4.98 Å². The summed E-state index contributed by atoms with van der Waals surface area (Å²) in [4.78, 5) is 4.05. The van der Waals surface area contributed by atoms with Gasteiger partial charge in [0, 0.05) is 6.20 Å². The molecule has 1 aromatic heterocycles. The Morgan fingerprint density at radius 1 is 1.17 bits per heavy atom. The van der Waals surface area contributed by atoms with Gasteiger partial charge in [0.25, 0.3) is 0 Å². The van der Waals surface area contributed by atoms with Crippen LogP contribution in [-0.2, 0) is 0 Å². The van der Waals surface area contributed by atoms with E-state index in [-0.39, 0.29) is 5.88 Å². The zero-order chi connectivity index (χ0) is 12.8. The van der Waals surface area contributed by atoms with Gasteiger partial charge in [-0.05, 0) is 31.2 Å². The Morgan fingerprint density at radius 3 is 2.67 bits per heavy atom. The first kappa shape index (κ1) is 11.9. The third-order valence-corrected chi connectivity index (χ3v) is 2.25. The Balaban J connectivity index is 2.31. The first-order chi connectivity index (χ1) is 8.85. The fraction of sp³-hybridized carbons (Fsp3) is 0.143. The molecular formula is C14H12N2O2. The Morgan fingerprint density at radius 2 is 1.94 bits per heavy atom. The van der Waals surface area contributed by atoms with E-state index in [9.17, 15) is 0 Å². The van der Waals surface area contributed by atoms with Crippen LogP contribution in [0.1, 0.15) is 12.5 Å². The lowest BCUT2D eigenvalue weighted by Crippen LogP contribution is -1.96. The molecule has 0 fully saturated rings. The summed E-state index contributed by atoms with van der Waals surface area (Å²) in [7, 11) is 0. The maximum Gasteiger partial charge on any atom is 0.237 e. The van der Waals surface area contributed by atoms with Gasteiger partial charge >= 0.3 is 0 Å². The topological polar surface area (TPSA) is 55.1 Å². The summed E-state index contributed by atoms with van der Waals surface area (Å²) in [5, 5.41) is 8.97. The summed E-state index contributed by atoms with van der Waals surface area (Å²) in [6.07, 6.45) is 1.58. The molecule has 0 unspecified atom stereocenters. The second-order valence-corrected chi connectivity index (χ2v) is 3.45. The predicted octanol–water partition coefficient (Wildman–Crippen LogP) is 3.14. The van der Waals surface area contributed by atoms with Gasteiger partial charge in [0.05, 0.1) is 6.61 Å². The Hall–Kier alpha value is -2.54. The molecule has 0 radical (unpaired) electrons. The van der Waals surface area contributed by atoms with Crippen molar-refractivity contribution < 1.29 is 9.47 Å². The number of para-hydroxylation sites is 2. The molecule has 0 amide bonds. The maximum atomic E-state index is 8.97. The number of benzene rings is 1. The number of hydrogen-bond acceptors (Lipinski definition) is 4. The van der Waals surface area contributed by atoms with Crippen LogP contribution in [0.2, 0.25) is 0 Å². The number of nitrogens with zero attached hydrogens (tertiary/aromatic N) is 2. The average Bonchev–Trinajstić information content (AvgIpc) is 2.42. The van der Waals surface area contributed by atoms with Gasteiger partial charge in [-0.2, -0.15) is 5.26 Å². The van der Waals surface area contributed by atoms with E-state index in [0.29, 0.717) is 23.7 Å². The first-order valence-corrected chi connectivity index (χ1v) is 5.60. The predicted molar refractivity (Wildman–Crippen MR) is 66.6 cm³/mol. The molecule has 2 aromatic rings. The molecule has 0 aliphatic heterocycles. The Kier molecular flexibility index (Phi) is 3.77. The van der Waals surface area contributed by atoms with E-state index < -0.39 is 0 Å². The van der Waals surface area contributed by atoms with Crippen LogP contribution in [0.4, 0.5) is 0 Å². The summed E-state index contributed by atoms with van der Waals surface area (Å²) in [6.45, 7) is 2.45. The second kappa shape index (κ2) is 5.69. The lowest BCUT2D eigenvalue weighted by molar-refractivity contribution is 0.319. The second-order valence-electron chi connectivity index (χ2n) is 3.45. The SMILES string of the molecule is CCOc1ccccc1Oc1ncccc1C#N. The zero-order valence-corrected chi connectivity index (χ0v) is 9.96. The van der Waals surface area contributed by atoms with E-state index in [0.717, 1.165) is 0 Å². The van der Waals surface area contributed by atoms with Crippen LogP contribution in [0.15, 0.2) is 42.6 Å². The molecule has 0 saturated heterocycles. The van der Waals surface area contributed by atoms with Crippen molar-refractivity contribution in [2.75, 3.05) is 6.61 Å². The minimum atomic E-state index is 0.284. The number of rotatable bonds is 4. The summed E-state index contributed by atoms with van der Waals surface area (Å²) in [5.74, 6) is 1.47. The van der Waals surface area contributed by atoms with Gasteiger partial charge in [-0.3, -0.25) is 0 Å². The van der Waals surface area contributed by atoms with Gasteiger partial charge in [-0.1, -0.05) is 12.1 Å². The minimum Gasteiger partial charge on any atom is -0.490 e. The molecule has 0 aliphatic rings. The molecular weight excluding hydrogens is 228 g/mol. The third-order valence-electron chi connectivity index (χ3n) is 2.25. The van der Waals surface area contributed by atoms with E-state index >= 15 is 0 Å². The molecule has 2 rings (SSSR count). The van der Waals surface area contributed by atoms with E-state index in [2.05, 4.69) is 4.98 Å². The Bertz CT molecular complexity index is 576. The van der Waals surface area contributed by atoms with Crippen molar-refractivity contribution >= 4 is 0 Å². The van der Waals surface area contributed by atoms with Gasteiger partial charge in [0.15, 0.2) is 11.5 Å². The molecule has 4 heteroatoms. The fourth-order valence-electron chi connectivity index (χ4n) is 1.47. The van der Waals surface area contributed by atoms with E-state index in [1.807, 2.05) is 31.2 Å². The quantitative estimate of drug-likeness (QED) is 0.823. The molecule has 1 aromatic carbocycles. The molecule has 1 heterocycles. The molecule has 0 saturated carbocycles. The normalized spacial score (nSPS) is 9.56. The van der Waals surface area contributed by atoms with E-state index in [4.69, 9.17) is 14.7 Å². The largest absolute Gasteiger partial charge is 0.490 e. The smallest absolute Gasteiger partial charge is 0.237 e. The van der Waals surface area contributed by atoms with Crippen molar-refractivity contribution in [1.82, 2.24) is 4.98 Å². The molecule has 0 bridgehead atoms. The highest BCUT2D eigenvalue weighted by atomic mass is 16.5. The zero-order valence-electron chi connectivity index (χ0n) is 9.96. The number of aromatic nitrogens is 1. The summed E-state index contributed by atoms with van der Waals surface area (Å²) < 4.78 is 11.1. The monoisotopic (exact) mass is 240 g/mol. The van der Waals surface area contributed by atoms with E-state index in [1.165, 1.54) is 0 Å². The van der Waals surface area contributed by atoms with Gasteiger partial charge < -0.3 is 9.47 Å². The molecule has 0 aliphatic carbocycles. The van der Waals surface area contributed by atoms with Crippen LogP contribution >= 0.6 is 0 Å². The van der Waals surface area contributed by atoms with Crippen molar-refractivity contribution in [3.8, 4) is 23.4 Å². The van der Waals surface area contributed by atoms with Crippen LogP contribution in [0.5, 0.6) is 17.4 Å². The third kappa shape index (κ3) is 2.58. The highest BCUT2D eigenvalue weighted by molar-refractivity contribution is 5.45. The molecule has 0 spiro atoms. The van der Waals surface area contributed by atoms with Crippen molar-refractivity contribution in [2.24, 2.45) is 0 Å². The number of ether oxygens (including phenoxy) is 2. The van der Waals surface area contributed by atoms with Crippen molar-refractivity contribution in [1.29, 1.82) is 5.26 Å². The molecule has 18 heavy (non-hydrogen) atoms. The highest BCUT2D eigenvalue weighted by Crippen LogP contribution is 2.31. The Labute approximate surface area is 105 Å². The number of pyridine rings is 1. The number of nitriles is 1. The number of hydrogen-bond donors (Lipinski definition) is 0. The van der Waals surface area contributed by atoms with E-state index in [1.54, 1.807) is 24.4 Å². The van der Waals surface area contributed by atoms with Crippen LogP contribution in [-0.4, -0.2) is 11.6 Å². The molecule has 0 N–H and O–H groups in total. The molecule has 4 nitrogen and oxygen atoms in total. The van der Waals surface area contributed by atoms with Crippen LogP contribution < -0.4 is 9.47 Å². The fourth-order valence-corrected chi connectivity index (χ4v) is 1.47. The minimum absolute atomic E-state index is 0.284. The van der Waals surface area contributed by atoms with Gasteiger partial charge in [-0.15, -0.1) is 0 Å². The summed E-state index contributed by atoms with van der Waals surface area (Å²) in [5.41, 5.74) is 0.392. The van der Waals surface area contributed by atoms with Gasteiger partial charge in [0.1, 0.15) is 11.6 Å². The molecule has 90 valence electrons. The standard InChI is InChI=1S/C14H12N2O2/c1-2-17-12-7-3-4-8-13(12)18-14-11(10-15)6-5-9-16-14/h3-9H,2H2,1H3. The van der Waals surface area contributed by atoms with Crippen LogP contribution in [0.25, 0.3) is 0 Å². The summed E-state index contributed by atoms with van der Waals surface area (Å²) in [6, 6.07) is 12.7. The highest BCUT2D eigenvalue weighted by Gasteiger charge is 2.09. The van der Waals surface area contributed by atoms with Crippen LogP contribution in [0, 0.1) is 11.3 Å². The first-order valence-electron chi connectivity index (χ1n) is 5.60. The summed E-state index contributed by atoms with van der Waals surface area (Å²) >= 11 is 0. The maximum absolute atomic E-state index is 8.97. The lowest BCUT2D eigenvalue weighted by Gasteiger charge is -2.10. The van der Waals surface area contributed by atoms with Crippen molar-refractivity contribution in [3.05, 3.63) is 48.2 Å². The van der Waals surface area contributed by atoms with Crippen molar-refractivity contribution in [3.63, 3.8) is 0 Å². The van der Waals surface area contributed by atoms with Crippen LogP contribution in [0.3, 0.4) is 0 Å². The average molecular weight is 240 g/mol. The van der Waals surface area contributed by atoms with Crippen molar-refractivity contribution in [2.45, 2.75) is 6.92 Å².